The van der Waals surface area contributed by atoms with Crippen LogP contribution in [0.3, 0.4) is 0 Å². The first-order valence-corrected chi connectivity index (χ1v) is 9.86. The minimum Gasteiger partial charge on any atom is -0.444 e. The molecule has 0 spiro atoms. The average Bonchev–Trinajstić information content (AvgIpc) is 2.52. The second-order valence-corrected chi connectivity index (χ2v) is 8.86. The number of carbonyl (C=O) groups excluding carboxylic acids is 1. The quantitative estimate of drug-likeness (QED) is 0.732. The maximum absolute atomic E-state index is 12.1. The first-order valence-electron chi connectivity index (χ1n) is 8.87. The fourth-order valence-electron chi connectivity index (χ4n) is 3.70. The number of amidine groups is 1. The molecular formula is C19H27N3O2S. The number of nitrogen functional groups attached to an aromatic ring is 1. The molecule has 2 atom stereocenters. The summed E-state index contributed by atoms with van der Waals surface area (Å²) in [5, 5.41) is 3.49. The molecule has 6 heteroatoms. The molecule has 1 aliphatic carbocycles. The van der Waals surface area contributed by atoms with E-state index in [-0.39, 0.29) is 5.54 Å². The Kier molecular flexibility index (Phi) is 5.00. The van der Waals surface area contributed by atoms with Crippen LogP contribution in [0.1, 0.15) is 52.0 Å². The number of anilines is 1. The lowest BCUT2D eigenvalue weighted by Crippen LogP contribution is -2.45. The van der Waals surface area contributed by atoms with Gasteiger partial charge in [0, 0.05) is 11.4 Å². The van der Waals surface area contributed by atoms with Gasteiger partial charge in [-0.25, -0.2) is 4.79 Å². The molecule has 1 aromatic rings. The zero-order valence-corrected chi connectivity index (χ0v) is 16.0. The van der Waals surface area contributed by atoms with E-state index >= 15 is 0 Å². The zero-order chi connectivity index (χ0) is 18.1. The van der Waals surface area contributed by atoms with Crippen LogP contribution in [0.4, 0.5) is 10.5 Å². The van der Waals surface area contributed by atoms with Gasteiger partial charge in [-0.05, 0) is 57.2 Å². The molecule has 0 bridgehead atoms. The highest BCUT2D eigenvalue weighted by Gasteiger charge is 2.45. The molecule has 1 aromatic carbocycles. The van der Waals surface area contributed by atoms with Gasteiger partial charge in [0.1, 0.15) is 5.60 Å². The Labute approximate surface area is 153 Å². The topological polar surface area (TPSA) is 76.7 Å². The minimum absolute atomic E-state index is 0.288. The van der Waals surface area contributed by atoms with Crippen molar-refractivity contribution in [3.63, 3.8) is 0 Å². The van der Waals surface area contributed by atoms with Gasteiger partial charge in [-0.2, -0.15) is 0 Å². The number of rotatable bonds is 1. The molecule has 136 valence electrons. The van der Waals surface area contributed by atoms with Crippen molar-refractivity contribution in [1.29, 1.82) is 0 Å². The molecule has 25 heavy (non-hydrogen) atoms. The van der Waals surface area contributed by atoms with E-state index in [1.807, 2.05) is 39.0 Å². The lowest BCUT2D eigenvalue weighted by Gasteiger charge is -2.44. The molecule has 1 amide bonds. The summed E-state index contributed by atoms with van der Waals surface area (Å²) < 4.78 is 5.37. The van der Waals surface area contributed by atoms with Crippen LogP contribution in [0.5, 0.6) is 0 Å². The van der Waals surface area contributed by atoms with Crippen molar-refractivity contribution in [2.75, 3.05) is 11.5 Å². The van der Waals surface area contributed by atoms with Crippen LogP contribution in [0.15, 0.2) is 29.3 Å². The van der Waals surface area contributed by atoms with Gasteiger partial charge in [0.05, 0.1) is 5.54 Å². The molecule has 2 aliphatic rings. The van der Waals surface area contributed by atoms with Crippen LogP contribution in [0.25, 0.3) is 0 Å². The second kappa shape index (κ2) is 6.90. The fourth-order valence-corrected chi connectivity index (χ4v) is 4.88. The normalized spacial score (nSPS) is 26.4. The summed E-state index contributed by atoms with van der Waals surface area (Å²) in [7, 11) is 0. The minimum atomic E-state index is -0.525. The van der Waals surface area contributed by atoms with Crippen molar-refractivity contribution in [2.45, 2.75) is 57.6 Å². The predicted octanol–water partition coefficient (Wildman–Crippen LogP) is 4.28. The molecule has 3 N–H and O–H groups in total. The van der Waals surface area contributed by atoms with Gasteiger partial charge in [-0.1, -0.05) is 36.7 Å². The zero-order valence-electron chi connectivity index (χ0n) is 15.2. The molecule has 1 fully saturated rings. The van der Waals surface area contributed by atoms with Gasteiger partial charge in [0.25, 0.3) is 0 Å². The first-order chi connectivity index (χ1) is 11.8. The number of benzene rings is 1. The van der Waals surface area contributed by atoms with Crippen molar-refractivity contribution >= 4 is 28.7 Å². The third kappa shape index (κ3) is 4.11. The number of amides is 1. The molecule has 1 heterocycles. The fraction of sp³-hybridized carbons (Fsp3) is 0.579. The summed E-state index contributed by atoms with van der Waals surface area (Å²) in [5.74, 6) is 1.42. The van der Waals surface area contributed by atoms with E-state index in [0.717, 1.165) is 36.3 Å². The van der Waals surface area contributed by atoms with Crippen molar-refractivity contribution < 1.29 is 9.53 Å². The molecule has 0 radical (unpaired) electrons. The van der Waals surface area contributed by atoms with E-state index in [1.165, 1.54) is 6.42 Å². The van der Waals surface area contributed by atoms with Crippen LogP contribution in [0.2, 0.25) is 0 Å². The number of nitrogens with zero attached hydrogens (tertiary/aromatic N) is 1. The van der Waals surface area contributed by atoms with Crippen LogP contribution in [-0.2, 0) is 10.3 Å². The van der Waals surface area contributed by atoms with Gasteiger partial charge >= 0.3 is 6.09 Å². The average molecular weight is 362 g/mol. The van der Waals surface area contributed by atoms with Gasteiger partial charge in [-0.15, -0.1) is 0 Å². The van der Waals surface area contributed by atoms with E-state index in [4.69, 9.17) is 15.5 Å². The van der Waals surface area contributed by atoms with Gasteiger partial charge < -0.3 is 10.5 Å². The maximum atomic E-state index is 12.1. The van der Waals surface area contributed by atoms with E-state index < -0.39 is 11.7 Å². The van der Waals surface area contributed by atoms with E-state index in [2.05, 4.69) is 11.4 Å². The molecule has 1 aliphatic heterocycles. The number of nitrogens with two attached hydrogens (primary N) is 1. The third-order valence-corrected chi connectivity index (χ3v) is 5.79. The number of alkyl carbamates (subject to hydrolysis) is 1. The number of hydrogen-bond acceptors (Lipinski definition) is 5. The lowest BCUT2D eigenvalue weighted by atomic mass is 9.70. The van der Waals surface area contributed by atoms with Crippen molar-refractivity contribution in [1.82, 2.24) is 5.32 Å². The first kappa shape index (κ1) is 18.1. The van der Waals surface area contributed by atoms with Crippen molar-refractivity contribution in [3.05, 3.63) is 29.8 Å². The van der Waals surface area contributed by atoms with Crippen molar-refractivity contribution in [3.8, 4) is 0 Å². The molecule has 1 saturated carbocycles. The second-order valence-electron chi connectivity index (χ2n) is 7.85. The van der Waals surface area contributed by atoms with Gasteiger partial charge in [0.2, 0.25) is 0 Å². The number of ether oxygens (including phenoxy) is 1. The Morgan fingerprint density at radius 3 is 2.92 bits per heavy atom. The summed E-state index contributed by atoms with van der Waals surface area (Å²) in [6.45, 7) is 5.56. The van der Waals surface area contributed by atoms with Crippen LogP contribution >= 0.6 is 11.8 Å². The van der Waals surface area contributed by atoms with Crippen LogP contribution < -0.4 is 11.1 Å². The number of fused-ring (bicyclic) bond motifs is 1. The maximum Gasteiger partial charge on any atom is 0.413 e. The number of thioether (sulfide) groups is 1. The Hall–Kier alpha value is -1.69. The Morgan fingerprint density at radius 1 is 1.40 bits per heavy atom. The SMILES string of the molecule is CC(C)(C)OC(=O)NC1=N[C@@]2(c3cccc(N)c3)CCCCC2CS1. The van der Waals surface area contributed by atoms with Gasteiger partial charge in [-0.3, -0.25) is 10.3 Å². The number of aliphatic imine (C=N–C) groups is 1. The van der Waals surface area contributed by atoms with Gasteiger partial charge in [0.15, 0.2) is 5.17 Å². The van der Waals surface area contributed by atoms with Crippen LogP contribution in [0, 0.1) is 5.92 Å². The smallest absolute Gasteiger partial charge is 0.413 e. The summed E-state index contributed by atoms with van der Waals surface area (Å²) in [6.07, 6.45) is 4.07. The summed E-state index contributed by atoms with van der Waals surface area (Å²) in [4.78, 5) is 17.2. The third-order valence-electron chi connectivity index (χ3n) is 4.75. The van der Waals surface area contributed by atoms with E-state index in [9.17, 15) is 4.79 Å². The standard InChI is InChI=1S/C19H27N3O2S/c1-18(2,3)24-17(23)21-16-22-19(13-8-6-9-15(20)11-13)10-5-4-7-14(19)12-25-16/h6,8-9,11,14H,4-5,7,10,12,20H2,1-3H3,(H,21,22,23)/t14?,19-/m1/s1. The monoisotopic (exact) mass is 361 g/mol. The van der Waals surface area contributed by atoms with E-state index in [1.54, 1.807) is 11.8 Å². The predicted molar refractivity (Wildman–Crippen MR) is 104 cm³/mol. The highest BCUT2D eigenvalue weighted by atomic mass is 32.2. The largest absolute Gasteiger partial charge is 0.444 e. The Balaban J connectivity index is 1.90. The summed E-state index contributed by atoms with van der Waals surface area (Å²) in [6, 6.07) is 8.03. The Bertz CT molecular complexity index is 683. The molecule has 3 rings (SSSR count). The highest BCUT2D eigenvalue weighted by molar-refractivity contribution is 8.13. The Morgan fingerprint density at radius 2 is 2.20 bits per heavy atom. The number of carbonyl (C=O) groups is 1. The van der Waals surface area contributed by atoms with E-state index in [0.29, 0.717) is 11.1 Å². The number of nitrogens with one attached hydrogen (secondary N) is 1. The summed E-state index contributed by atoms with van der Waals surface area (Å²) >= 11 is 1.61. The lowest BCUT2D eigenvalue weighted by molar-refractivity contribution is 0.0563. The van der Waals surface area contributed by atoms with Crippen LogP contribution in [-0.4, -0.2) is 22.6 Å². The number of hydrogen-bond donors (Lipinski definition) is 2. The molecular weight excluding hydrogens is 334 g/mol. The summed E-state index contributed by atoms with van der Waals surface area (Å²) in [5.41, 5.74) is 7.12. The molecule has 5 nitrogen and oxygen atoms in total. The highest BCUT2D eigenvalue weighted by Crippen LogP contribution is 2.49. The molecule has 1 unspecified atom stereocenters. The van der Waals surface area contributed by atoms with Crippen molar-refractivity contribution in [2.24, 2.45) is 10.9 Å². The molecule has 0 saturated heterocycles. The molecule has 0 aromatic heterocycles.